The average Bonchev–Trinajstić information content (AvgIpc) is 3.61. The zero-order chi connectivity index (χ0) is 27.8. The van der Waals surface area contributed by atoms with Gasteiger partial charge in [0.15, 0.2) is 5.82 Å². The van der Waals surface area contributed by atoms with Crippen LogP contribution in [0.25, 0.3) is 55.8 Å². The van der Waals surface area contributed by atoms with Crippen LogP contribution < -0.4 is 5.32 Å². The normalized spacial score (nSPS) is 11.4. The molecule has 0 spiro atoms. The van der Waals surface area contributed by atoms with Gasteiger partial charge in [-0.15, -0.1) is 0 Å². The lowest BCUT2D eigenvalue weighted by Crippen LogP contribution is -2.12. The van der Waals surface area contributed by atoms with Crippen molar-refractivity contribution in [2.45, 2.75) is 13.1 Å². The minimum Gasteiger partial charge on any atom is -0.508 e. The number of halogens is 1. The molecule has 0 saturated carbocycles. The highest BCUT2D eigenvalue weighted by Crippen LogP contribution is 2.33. The van der Waals surface area contributed by atoms with Gasteiger partial charge in [-0.1, -0.05) is 30.3 Å². The first kappa shape index (κ1) is 24.6. The first-order valence-corrected chi connectivity index (χ1v) is 13.0. The second kappa shape index (κ2) is 10.2. The topological polar surface area (TPSA) is 128 Å². The molecular weight excluding hydrogens is 519 g/mol. The molecule has 0 saturated heterocycles. The molecule has 0 amide bonds. The van der Waals surface area contributed by atoms with Crippen LogP contribution in [-0.4, -0.2) is 40.2 Å². The molecule has 0 atom stereocenters. The number of phenols is 1. The molecule has 0 aliphatic carbocycles. The van der Waals surface area contributed by atoms with Crippen LogP contribution in [0.1, 0.15) is 11.1 Å². The molecule has 200 valence electrons. The summed E-state index contributed by atoms with van der Waals surface area (Å²) in [6.45, 7) is 1.44. The highest BCUT2D eigenvalue weighted by molar-refractivity contribution is 5.97. The molecule has 7 aromatic rings. The molecule has 0 radical (unpaired) electrons. The van der Waals surface area contributed by atoms with Gasteiger partial charge in [0.2, 0.25) is 0 Å². The van der Waals surface area contributed by atoms with Gasteiger partial charge in [-0.25, -0.2) is 9.37 Å². The van der Waals surface area contributed by atoms with Gasteiger partial charge in [0.25, 0.3) is 0 Å². The Bertz CT molecular complexity index is 2000. The van der Waals surface area contributed by atoms with E-state index < -0.39 is 5.82 Å². The van der Waals surface area contributed by atoms with E-state index in [1.54, 1.807) is 24.8 Å². The number of aromatic nitrogens is 7. The third-order valence-electron chi connectivity index (χ3n) is 6.85. The summed E-state index contributed by atoms with van der Waals surface area (Å²) in [5.41, 5.74) is 7.59. The molecular formula is C31H23FN8O. The lowest BCUT2D eigenvalue weighted by molar-refractivity contribution is 0.469. The second-order valence-electron chi connectivity index (χ2n) is 9.73. The van der Waals surface area contributed by atoms with Crippen molar-refractivity contribution in [3.05, 3.63) is 109 Å². The average molecular weight is 543 g/mol. The minimum atomic E-state index is -0.545. The van der Waals surface area contributed by atoms with Gasteiger partial charge in [-0.2, -0.15) is 5.10 Å². The highest BCUT2D eigenvalue weighted by atomic mass is 19.1. The Morgan fingerprint density at radius 3 is 2.54 bits per heavy atom. The summed E-state index contributed by atoms with van der Waals surface area (Å²) in [6, 6.07) is 18.2. The van der Waals surface area contributed by atoms with E-state index in [0.717, 1.165) is 40.3 Å². The Hall–Kier alpha value is -5.48. The SMILES string of the molecule is Oc1cc(F)cc(-c2cncc3[nH]c(-c4n[nH]c5cnc(-c6cncc(CNCc7ccccc7)c6)cc45)nc23)c1. The van der Waals surface area contributed by atoms with E-state index in [-0.39, 0.29) is 5.75 Å². The number of nitrogens with zero attached hydrogens (tertiary/aromatic N) is 5. The summed E-state index contributed by atoms with van der Waals surface area (Å²) in [5.74, 6) is -0.191. The monoisotopic (exact) mass is 542 g/mol. The summed E-state index contributed by atoms with van der Waals surface area (Å²) in [5, 5.41) is 21.7. The number of aromatic amines is 2. The predicted molar refractivity (Wildman–Crippen MR) is 154 cm³/mol. The maximum Gasteiger partial charge on any atom is 0.159 e. The molecule has 4 N–H and O–H groups in total. The van der Waals surface area contributed by atoms with Gasteiger partial charge in [0.1, 0.15) is 17.3 Å². The van der Waals surface area contributed by atoms with Crippen LogP contribution in [0.5, 0.6) is 5.75 Å². The van der Waals surface area contributed by atoms with Gasteiger partial charge in [-0.3, -0.25) is 20.1 Å². The van der Waals surface area contributed by atoms with Gasteiger partial charge >= 0.3 is 0 Å². The number of benzene rings is 2. The highest BCUT2D eigenvalue weighted by Gasteiger charge is 2.17. The van der Waals surface area contributed by atoms with Crippen molar-refractivity contribution in [3.63, 3.8) is 0 Å². The quantitative estimate of drug-likeness (QED) is 0.202. The number of hydrogen-bond acceptors (Lipinski definition) is 7. The second-order valence-corrected chi connectivity index (χ2v) is 9.73. The Balaban J connectivity index is 1.21. The number of hydrogen-bond donors (Lipinski definition) is 4. The van der Waals surface area contributed by atoms with Gasteiger partial charge in [-0.05, 0) is 41.0 Å². The summed E-state index contributed by atoms with van der Waals surface area (Å²) < 4.78 is 14.0. The smallest absolute Gasteiger partial charge is 0.159 e. The first-order valence-electron chi connectivity index (χ1n) is 13.0. The Morgan fingerprint density at radius 2 is 1.66 bits per heavy atom. The lowest BCUT2D eigenvalue weighted by Gasteiger charge is -2.07. The van der Waals surface area contributed by atoms with Crippen molar-refractivity contribution in [2.75, 3.05) is 0 Å². The summed E-state index contributed by atoms with van der Waals surface area (Å²) in [7, 11) is 0. The number of imidazole rings is 1. The standard InChI is InChI=1S/C31H23FN8O/c32-22-7-20(8-23(41)9-22)25-15-35-16-28-29(25)38-31(37-28)30-24-10-26(36-17-27(24)39-40-30)21-6-19(13-34-14-21)12-33-11-18-4-2-1-3-5-18/h1-10,13-17,33,41H,11-12H2,(H,37,38)(H,39,40). The first-order chi connectivity index (χ1) is 20.1. The van der Waals surface area contributed by atoms with Gasteiger partial charge in [0, 0.05) is 54.3 Å². The van der Waals surface area contributed by atoms with Crippen LogP contribution in [0.4, 0.5) is 4.39 Å². The van der Waals surface area contributed by atoms with E-state index in [2.05, 4.69) is 53.6 Å². The van der Waals surface area contributed by atoms with Crippen LogP contribution in [0.15, 0.2) is 91.6 Å². The predicted octanol–water partition coefficient (Wildman–Crippen LogP) is 5.76. The minimum absolute atomic E-state index is 0.170. The fourth-order valence-electron chi connectivity index (χ4n) is 4.91. The van der Waals surface area contributed by atoms with Crippen LogP contribution in [0.2, 0.25) is 0 Å². The molecule has 0 fully saturated rings. The van der Waals surface area contributed by atoms with Crippen molar-refractivity contribution in [1.82, 2.24) is 40.4 Å². The van der Waals surface area contributed by atoms with E-state index >= 15 is 0 Å². The van der Waals surface area contributed by atoms with Crippen molar-refractivity contribution in [1.29, 1.82) is 0 Å². The molecule has 0 bridgehead atoms. The molecule has 10 heteroatoms. The van der Waals surface area contributed by atoms with Gasteiger partial charge < -0.3 is 15.4 Å². The van der Waals surface area contributed by atoms with Crippen LogP contribution in [0.3, 0.4) is 0 Å². The molecule has 41 heavy (non-hydrogen) atoms. The fraction of sp³-hybridized carbons (Fsp3) is 0.0645. The molecule has 2 aromatic carbocycles. The molecule has 9 nitrogen and oxygen atoms in total. The van der Waals surface area contributed by atoms with Crippen molar-refractivity contribution >= 4 is 21.9 Å². The van der Waals surface area contributed by atoms with Crippen LogP contribution in [-0.2, 0) is 13.1 Å². The number of nitrogens with one attached hydrogen (secondary N) is 3. The fourth-order valence-corrected chi connectivity index (χ4v) is 4.91. The number of phenolic OH excluding ortho intramolecular Hbond substituents is 1. The Labute approximate surface area is 233 Å². The lowest BCUT2D eigenvalue weighted by atomic mass is 10.1. The Kier molecular flexibility index (Phi) is 6.14. The van der Waals surface area contributed by atoms with Crippen molar-refractivity contribution in [2.24, 2.45) is 0 Å². The molecule has 0 aliphatic rings. The van der Waals surface area contributed by atoms with E-state index in [9.17, 15) is 9.50 Å². The Morgan fingerprint density at radius 1 is 0.805 bits per heavy atom. The van der Waals surface area contributed by atoms with E-state index in [1.807, 2.05) is 30.5 Å². The maximum atomic E-state index is 14.0. The molecule has 0 aliphatic heterocycles. The largest absolute Gasteiger partial charge is 0.508 e. The molecule has 7 rings (SSSR count). The molecule has 5 heterocycles. The number of H-pyrrole nitrogens is 2. The summed E-state index contributed by atoms with van der Waals surface area (Å²) in [6.07, 6.45) is 8.64. The maximum absolute atomic E-state index is 14.0. The summed E-state index contributed by atoms with van der Waals surface area (Å²) in [4.78, 5) is 21.4. The number of pyridine rings is 3. The van der Waals surface area contributed by atoms with Crippen LogP contribution >= 0.6 is 0 Å². The number of aromatic hydroxyl groups is 1. The third kappa shape index (κ3) is 4.88. The van der Waals surface area contributed by atoms with Crippen molar-refractivity contribution in [3.8, 4) is 39.7 Å². The summed E-state index contributed by atoms with van der Waals surface area (Å²) >= 11 is 0. The number of rotatable bonds is 7. The molecule has 5 aromatic heterocycles. The van der Waals surface area contributed by atoms with Gasteiger partial charge in [0.05, 0.1) is 34.6 Å². The van der Waals surface area contributed by atoms with Crippen LogP contribution in [0, 0.1) is 5.82 Å². The van der Waals surface area contributed by atoms with Crippen molar-refractivity contribution < 1.29 is 9.50 Å². The van der Waals surface area contributed by atoms with E-state index in [1.165, 1.54) is 17.7 Å². The molecule has 0 unspecified atom stereocenters. The van der Waals surface area contributed by atoms with E-state index in [0.29, 0.717) is 40.2 Å². The number of fused-ring (bicyclic) bond motifs is 2. The third-order valence-corrected chi connectivity index (χ3v) is 6.85. The van der Waals surface area contributed by atoms with E-state index in [4.69, 9.17) is 4.98 Å². The zero-order valence-electron chi connectivity index (χ0n) is 21.6. The zero-order valence-corrected chi connectivity index (χ0v) is 21.6.